The molecular formula is C18H18IN3O. The maximum Gasteiger partial charge on any atom is 0.251 e. The lowest BCUT2D eigenvalue weighted by molar-refractivity contribution is 0.706. The maximum atomic E-state index is 11.8. The monoisotopic (exact) mass is 419 g/mol. The number of halogens is 1. The van der Waals surface area contributed by atoms with E-state index in [2.05, 4.69) is 69.1 Å². The third kappa shape index (κ3) is 4.10. The van der Waals surface area contributed by atoms with Crippen LogP contribution in [0.5, 0.6) is 0 Å². The third-order valence-electron chi connectivity index (χ3n) is 3.80. The molecule has 0 bridgehead atoms. The maximum absolute atomic E-state index is 11.8. The number of hydrogen-bond donors (Lipinski definition) is 2. The smallest absolute Gasteiger partial charge is 0.251 e. The molecule has 5 heteroatoms. The predicted octanol–water partition coefficient (Wildman–Crippen LogP) is 3.96. The van der Waals surface area contributed by atoms with E-state index in [1.807, 2.05) is 12.1 Å². The van der Waals surface area contributed by atoms with Crippen molar-refractivity contribution >= 4 is 39.3 Å². The number of nitrogens with one attached hydrogen (secondary N) is 2. The zero-order chi connectivity index (χ0) is 16.2. The summed E-state index contributed by atoms with van der Waals surface area (Å²) in [7, 11) is 0. The van der Waals surface area contributed by atoms with Gasteiger partial charge in [-0.15, -0.1) is 0 Å². The number of H-pyrrole nitrogens is 1. The summed E-state index contributed by atoms with van der Waals surface area (Å²) < 4.78 is 1.25. The zero-order valence-corrected chi connectivity index (χ0v) is 15.0. The largest absolute Gasteiger partial charge is 0.382 e. The third-order valence-corrected chi connectivity index (χ3v) is 4.52. The van der Waals surface area contributed by atoms with E-state index >= 15 is 0 Å². The van der Waals surface area contributed by atoms with Gasteiger partial charge in [-0.3, -0.25) is 4.79 Å². The summed E-state index contributed by atoms with van der Waals surface area (Å²) in [6, 6.07) is 14.3. The van der Waals surface area contributed by atoms with Gasteiger partial charge in [0.05, 0.1) is 5.69 Å². The van der Waals surface area contributed by atoms with Crippen molar-refractivity contribution in [2.75, 3.05) is 5.32 Å². The zero-order valence-electron chi connectivity index (χ0n) is 12.8. The van der Waals surface area contributed by atoms with Gasteiger partial charge in [-0.1, -0.05) is 12.1 Å². The molecule has 0 spiro atoms. The number of nitrogens with zero attached hydrogens (tertiary/aromatic N) is 1. The number of aryl methyl sites for hydroxylation is 1. The normalized spacial score (nSPS) is 12.3. The Morgan fingerprint density at radius 3 is 2.83 bits per heavy atom. The number of aromatic amines is 1. The Morgan fingerprint density at radius 2 is 2.04 bits per heavy atom. The van der Waals surface area contributed by atoms with E-state index in [0.717, 1.165) is 23.9 Å². The van der Waals surface area contributed by atoms with Crippen molar-refractivity contribution in [3.63, 3.8) is 0 Å². The van der Waals surface area contributed by atoms with E-state index in [1.54, 1.807) is 12.3 Å². The molecule has 118 valence electrons. The number of rotatable bonds is 5. The fourth-order valence-corrected chi connectivity index (χ4v) is 2.93. The SMILES string of the molecule is CC(CCc1ccc(I)cc1)Nc1cc(=O)[nH]c2ncccc12. The summed E-state index contributed by atoms with van der Waals surface area (Å²) in [4.78, 5) is 18.7. The van der Waals surface area contributed by atoms with Crippen molar-refractivity contribution in [1.82, 2.24) is 9.97 Å². The quantitative estimate of drug-likeness (QED) is 0.616. The number of pyridine rings is 2. The minimum atomic E-state index is -0.136. The average molecular weight is 419 g/mol. The van der Waals surface area contributed by atoms with E-state index in [0.29, 0.717) is 5.65 Å². The van der Waals surface area contributed by atoms with Crippen LogP contribution in [-0.4, -0.2) is 16.0 Å². The van der Waals surface area contributed by atoms with Gasteiger partial charge in [0.2, 0.25) is 0 Å². The first-order chi connectivity index (χ1) is 11.1. The van der Waals surface area contributed by atoms with Crippen molar-refractivity contribution in [2.24, 2.45) is 0 Å². The van der Waals surface area contributed by atoms with Gasteiger partial charge in [0.15, 0.2) is 0 Å². The molecule has 0 aliphatic heterocycles. The lowest BCUT2D eigenvalue weighted by Gasteiger charge is -2.16. The van der Waals surface area contributed by atoms with Gasteiger partial charge in [-0.05, 0) is 72.2 Å². The molecule has 0 radical (unpaired) electrons. The van der Waals surface area contributed by atoms with E-state index in [9.17, 15) is 4.79 Å². The molecule has 4 nitrogen and oxygen atoms in total. The van der Waals surface area contributed by atoms with Crippen molar-refractivity contribution in [3.05, 3.63) is 68.1 Å². The van der Waals surface area contributed by atoms with Crippen molar-refractivity contribution < 1.29 is 0 Å². The molecular weight excluding hydrogens is 401 g/mol. The lowest BCUT2D eigenvalue weighted by atomic mass is 10.1. The average Bonchev–Trinajstić information content (AvgIpc) is 2.54. The van der Waals surface area contributed by atoms with E-state index < -0.39 is 0 Å². The molecule has 0 saturated carbocycles. The van der Waals surface area contributed by atoms with Crippen molar-refractivity contribution in [2.45, 2.75) is 25.8 Å². The van der Waals surface area contributed by atoms with Gasteiger partial charge in [-0.25, -0.2) is 4.98 Å². The second-order valence-electron chi connectivity index (χ2n) is 5.66. The fourth-order valence-electron chi connectivity index (χ4n) is 2.58. The summed E-state index contributed by atoms with van der Waals surface area (Å²) in [5, 5.41) is 4.38. The topological polar surface area (TPSA) is 57.8 Å². The van der Waals surface area contributed by atoms with Crippen LogP contribution in [0.2, 0.25) is 0 Å². The summed E-state index contributed by atoms with van der Waals surface area (Å²) in [5.41, 5.74) is 2.65. The minimum absolute atomic E-state index is 0.136. The molecule has 0 amide bonds. The standard InChI is InChI=1S/C18H18IN3O/c1-12(4-5-13-6-8-14(19)9-7-13)21-16-11-17(23)22-18-15(16)3-2-10-20-18/h2-3,6-12H,4-5H2,1H3,(H2,20,21,22,23). The van der Waals surface area contributed by atoms with Crippen LogP contribution in [0.3, 0.4) is 0 Å². The number of aromatic nitrogens is 2. The molecule has 23 heavy (non-hydrogen) atoms. The van der Waals surface area contributed by atoms with E-state index in [1.165, 1.54) is 9.13 Å². The first-order valence-corrected chi connectivity index (χ1v) is 8.69. The van der Waals surface area contributed by atoms with E-state index in [-0.39, 0.29) is 11.6 Å². The molecule has 0 aliphatic rings. The van der Waals surface area contributed by atoms with Crippen LogP contribution in [0.4, 0.5) is 5.69 Å². The highest BCUT2D eigenvalue weighted by molar-refractivity contribution is 14.1. The lowest BCUT2D eigenvalue weighted by Crippen LogP contribution is -2.18. The Labute approximate surface area is 148 Å². The summed E-state index contributed by atoms with van der Waals surface area (Å²) in [6.07, 6.45) is 3.68. The molecule has 0 saturated heterocycles. The van der Waals surface area contributed by atoms with E-state index in [4.69, 9.17) is 0 Å². The van der Waals surface area contributed by atoms with Crippen LogP contribution >= 0.6 is 22.6 Å². The summed E-state index contributed by atoms with van der Waals surface area (Å²) in [5.74, 6) is 0. The van der Waals surface area contributed by atoms with Gasteiger partial charge in [0.25, 0.3) is 5.56 Å². The van der Waals surface area contributed by atoms with Gasteiger partial charge < -0.3 is 10.3 Å². The number of benzene rings is 1. The molecule has 1 aromatic carbocycles. The summed E-state index contributed by atoms with van der Waals surface area (Å²) >= 11 is 2.31. The number of fused-ring (bicyclic) bond motifs is 1. The Hall–Kier alpha value is -1.89. The highest BCUT2D eigenvalue weighted by Gasteiger charge is 2.08. The van der Waals surface area contributed by atoms with Crippen molar-refractivity contribution in [3.8, 4) is 0 Å². The Kier molecular flexibility index (Phi) is 4.95. The molecule has 2 N–H and O–H groups in total. The van der Waals surface area contributed by atoms with Crippen LogP contribution in [-0.2, 0) is 6.42 Å². The van der Waals surface area contributed by atoms with Gasteiger partial charge in [0, 0.05) is 27.3 Å². The van der Waals surface area contributed by atoms with Crippen LogP contribution in [0, 0.1) is 3.57 Å². The van der Waals surface area contributed by atoms with Crippen LogP contribution in [0.1, 0.15) is 18.9 Å². The number of hydrogen-bond acceptors (Lipinski definition) is 3. The van der Waals surface area contributed by atoms with Crippen molar-refractivity contribution in [1.29, 1.82) is 0 Å². The van der Waals surface area contributed by atoms with Gasteiger partial charge >= 0.3 is 0 Å². The summed E-state index contributed by atoms with van der Waals surface area (Å²) in [6.45, 7) is 2.14. The molecule has 3 aromatic rings. The molecule has 1 unspecified atom stereocenters. The molecule has 2 aromatic heterocycles. The fraction of sp³-hybridized carbons (Fsp3) is 0.222. The molecule has 2 heterocycles. The highest BCUT2D eigenvalue weighted by Crippen LogP contribution is 2.19. The van der Waals surface area contributed by atoms with Crippen LogP contribution < -0.4 is 10.9 Å². The second kappa shape index (κ2) is 7.12. The second-order valence-corrected chi connectivity index (χ2v) is 6.90. The van der Waals surface area contributed by atoms with Gasteiger partial charge in [0.1, 0.15) is 5.65 Å². The molecule has 1 atom stereocenters. The Morgan fingerprint density at radius 1 is 1.26 bits per heavy atom. The first-order valence-electron chi connectivity index (χ1n) is 7.61. The molecule has 0 aliphatic carbocycles. The van der Waals surface area contributed by atoms with Crippen LogP contribution in [0.15, 0.2) is 53.5 Å². The van der Waals surface area contributed by atoms with Gasteiger partial charge in [-0.2, -0.15) is 0 Å². The minimum Gasteiger partial charge on any atom is -0.382 e. The molecule has 3 rings (SSSR count). The number of anilines is 1. The first kappa shape index (κ1) is 16.0. The highest BCUT2D eigenvalue weighted by atomic mass is 127. The van der Waals surface area contributed by atoms with Crippen LogP contribution in [0.25, 0.3) is 11.0 Å². The molecule has 0 fully saturated rings. The Bertz CT molecular complexity index is 858. The Balaban J connectivity index is 1.71. The predicted molar refractivity (Wildman–Crippen MR) is 103 cm³/mol.